The van der Waals surface area contributed by atoms with Gasteiger partial charge in [-0.3, -0.25) is 9.38 Å². The summed E-state index contributed by atoms with van der Waals surface area (Å²) in [4.78, 5) is 10.2. The molecular formula is C21H18N4O2S. The average Bonchev–Trinajstić information content (AvgIpc) is 3.12. The van der Waals surface area contributed by atoms with Gasteiger partial charge in [0.05, 0.1) is 6.20 Å². The van der Waals surface area contributed by atoms with Crippen LogP contribution in [0.1, 0.15) is 0 Å². The van der Waals surface area contributed by atoms with Gasteiger partial charge in [0.25, 0.3) is 0 Å². The first kappa shape index (κ1) is 16.9. The molecule has 0 atom stereocenters. The van der Waals surface area contributed by atoms with Crippen LogP contribution in [-0.2, 0) is 0 Å². The van der Waals surface area contributed by atoms with Gasteiger partial charge >= 0.3 is 0 Å². The van der Waals surface area contributed by atoms with Crippen molar-refractivity contribution >= 4 is 28.9 Å². The molecule has 3 heterocycles. The predicted molar refractivity (Wildman–Crippen MR) is 111 cm³/mol. The van der Waals surface area contributed by atoms with Crippen LogP contribution in [0.2, 0.25) is 0 Å². The van der Waals surface area contributed by atoms with E-state index in [1.54, 1.807) is 24.2 Å². The second kappa shape index (κ2) is 7.09. The number of nitrogens with one attached hydrogen (secondary N) is 1. The van der Waals surface area contributed by atoms with Crippen LogP contribution in [0.3, 0.4) is 0 Å². The molecule has 0 aliphatic carbocycles. The maximum atomic E-state index is 5.71. The number of imidazole rings is 1. The zero-order chi connectivity index (χ0) is 18.9. The molecule has 0 amide bonds. The van der Waals surface area contributed by atoms with Crippen molar-refractivity contribution in [2.45, 2.75) is 4.90 Å². The highest BCUT2D eigenvalue weighted by Gasteiger charge is 2.17. The van der Waals surface area contributed by atoms with Crippen LogP contribution in [0.25, 0.3) is 16.9 Å². The number of rotatable bonds is 4. The molecule has 0 fully saturated rings. The highest BCUT2D eigenvalue weighted by molar-refractivity contribution is 7.98. The highest BCUT2D eigenvalue weighted by Crippen LogP contribution is 2.36. The Hall–Kier alpha value is -3.19. The van der Waals surface area contributed by atoms with Gasteiger partial charge in [-0.2, -0.15) is 0 Å². The minimum Gasteiger partial charge on any atom is -0.486 e. The Balaban J connectivity index is 1.59. The van der Waals surface area contributed by atoms with E-state index < -0.39 is 0 Å². The summed E-state index contributed by atoms with van der Waals surface area (Å²) in [6.07, 6.45) is 7.49. The van der Waals surface area contributed by atoms with Gasteiger partial charge in [0.15, 0.2) is 17.1 Å². The van der Waals surface area contributed by atoms with Crippen LogP contribution in [0.4, 0.5) is 11.5 Å². The number of thioether (sulfide) groups is 1. The molecule has 1 N–H and O–H groups in total. The maximum Gasteiger partial charge on any atom is 0.163 e. The van der Waals surface area contributed by atoms with Gasteiger partial charge in [-0.15, -0.1) is 11.8 Å². The molecule has 2 aromatic heterocycles. The van der Waals surface area contributed by atoms with Gasteiger partial charge < -0.3 is 14.8 Å². The number of ether oxygens (including phenoxy) is 2. The van der Waals surface area contributed by atoms with Gasteiger partial charge in [-0.05, 0) is 30.5 Å². The van der Waals surface area contributed by atoms with Gasteiger partial charge in [-0.25, -0.2) is 4.98 Å². The zero-order valence-corrected chi connectivity index (χ0v) is 16.1. The lowest BCUT2D eigenvalue weighted by atomic mass is 10.1. The summed E-state index contributed by atoms with van der Waals surface area (Å²) in [6, 6.07) is 14.3. The van der Waals surface area contributed by atoms with Crippen LogP contribution in [-0.4, -0.2) is 33.8 Å². The second-order valence-electron chi connectivity index (χ2n) is 6.33. The molecule has 4 aromatic rings. The van der Waals surface area contributed by atoms with Gasteiger partial charge in [-0.1, -0.05) is 12.1 Å². The zero-order valence-electron chi connectivity index (χ0n) is 15.3. The molecule has 28 heavy (non-hydrogen) atoms. The second-order valence-corrected chi connectivity index (χ2v) is 7.21. The molecule has 2 aromatic carbocycles. The van der Waals surface area contributed by atoms with E-state index in [2.05, 4.69) is 40.8 Å². The molecular weight excluding hydrogens is 372 g/mol. The van der Waals surface area contributed by atoms with Crippen molar-refractivity contribution in [1.29, 1.82) is 0 Å². The Bertz CT molecular complexity index is 1140. The maximum absolute atomic E-state index is 5.71. The predicted octanol–water partition coefficient (Wildman–Crippen LogP) is 4.63. The lowest BCUT2D eigenvalue weighted by molar-refractivity contribution is 0.171. The molecule has 1 aliphatic heterocycles. The topological polar surface area (TPSA) is 60.7 Å². The Morgan fingerprint density at radius 1 is 1.04 bits per heavy atom. The Labute approximate surface area is 166 Å². The monoisotopic (exact) mass is 390 g/mol. The number of nitrogens with zero attached hydrogens (tertiary/aromatic N) is 3. The Kier molecular flexibility index (Phi) is 4.29. The first-order valence-electron chi connectivity index (χ1n) is 8.95. The van der Waals surface area contributed by atoms with Crippen LogP contribution < -0.4 is 14.8 Å². The van der Waals surface area contributed by atoms with E-state index >= 15 is 0 Å². The third-order valence-electron chi connectivity index (χ3n) is 4.60. The standard InChI is InChI=1S/C21H18N4O2S/c1-28-16-5-2-14(3-6-16)20-21(25-9-8-22-13-19(25)24-20)23-15-4-7-17-18(12-15)27-11-10-26-17/h2-9,12-13,23H,10-11H2,1H3. The van der Waals surface area contributed by atoms with Gasteiger partial charge in [0.1, 0.15) is 24.7 Å². The minimum atomic E-state index is 0.560. The third-order valence-corrected chi connectivity index (χ3v) is 5.34. The van der Waals surface area contributed by atoms with Crippen molar-refractivity contribution in [3.05, 3.63) is 61.1 Å². The smallest absolute Gasteiger partial charge is 0.163 e. The van der Waals surface area contributed by atoms with Crippen molar-refractivity contribution in [2.75, 3.05) is 24.8 Å². The first-order valence-corrected chi connectivity index (χ1v) is 10.2. The highest BCUT2D eigenvalue weighted by atomic mass is 32.2. The van der Waals surface area contributed by atoms with Gasteiger partial charge in [0.2, 0.25) is 0 Å². The summed E-state index contributed by atoms with van der Waals surface area (Å²) in [6.45, 7) is 1.14. The number of anilines is 2. The molecule has 0 unspecified atom stereocenters. The minimum absolute atomic E-state index is 0.560. The fourth-order valence-corrected chi connectivity index (χ4v) is 3.64. The van der Waals surface area contributed by atoms with Crippen LogP contribution in [0.5, 0.6) is 11.5 Å². The van der Waals surface area contributed by atoms with E-state index in [9.17, 15) is 0 Å². The van der Waals surface area contributed by atoms with E-state index in [-0.39, 0.29) is 0 Å². The third kappa shape index (κ3) is 3.03. The lowest BCUT2D eigenvalue weighted by Gasteiger charge is -2.19. The van der Waals surface area contributed by atoms with E-state index in [0.29, 0.717) is 13.2 Å². The first-order chi connectivity index (χ1) is 13.8. The van der Waals surface area contributed by atoms with E-state index in [1.165, 1.54) is 4.90 Å². The Morgan fingerprint density at radius 2 is 1.86 bits per heavy atom. The molecule has 0 spiro atoms. The number of benzene rings is 2. The fourth-order valence-electron chi connectivity index (χ4n) is 3.23. The summed E-state index contributed by atoms with van der Waals surface area (Å²) in [5.74, 6) is 2.40. The van der Waals surface area contributed by atoms with Crippen molar-refractivity contribution in [3.63, 3.8) is 0 Å². The van der Waals surface area contributed by atoms with E-state index in [0.717, 1.165) is 39.9 Å². The van der Waals surface area contributed by atoms with Crippen molar-refractivity contribution in [2.24, 2.45) is 0 Å². The van der Waals surface area contributed by atoms with Gasteiger partial charge in [0, 0.05) is 34.6 Å². The molecule has 7 heteroatoms. The SMILES string of the molecule is CSc1ccc(-c2nc3cnccn3c2Nc2ccc3c(c2)OCCO3)cc1. The fraction of sp³-hybridized carbons (Fsp3) is 0.143. The number of fused-ring (bicyclic) bond motifs is 2. The molecule has 140 valence electrons. The van der Waals surface area contributed by atoms with Crippen molar-refractivity contribution in [3.8, 4) is 22.8 Å². The summed E-state index contributed by atoms with van der Waals surface area (Å²) in [5.41, 5.74) is 3.61. The molecule has 6 nitrogen and oxygen atoms in total. The Morgan fingerprint density at radius 3 is 2.68 bits per heavy atom. The lowest BCUT2D eigenvalue weighted by Crippen LogP contribution is -2.15. The van der Waals surface area contributed by atoms with Crippen molar-refractivity contribution in [1.82, 2.24) is 14.4 Å². The van der Waals surface area contributed by atoms with Crippen molar-refractivity contribution < 1.29 is 9.47 Å². The molecule has 1 aliphatic rings. The van der Waals surface area contributed by atoms with Crippen LogP contribution >= 0.6 is 11.8 Å². The van der Waals surface area contributed by atoms with Crippen LogP contribution in [0.15, 0.2) is 66.0 Å². The quantitative estimate of drug-likeness (QED) is 0.513. The number of hydrogen-bond acceptors (Lipinski definition) is 6. The molecule has 0 bridgehead atoms. The summed E-state index contributed by atoms with van der Waals surface area (Å²) < 4.78 is 13.3. The number of hydrogen-bond donors (Lipinski definition) is 1. The normalized spacial score (nSPS) is 12.9. The van der Waals surface area contributed by atoms with Crippen LogP contribution in [0, 0.1) is 0 Å². The average molecular weight is 390 g/mol. The summed E-state index contributed by atoms with van der Waals surface area (Å²) in [5, 5.41) is 3.50. The van der Waals surface area contributed by atoms with E-state index in [1.807, 2.05) is 28.8 Å². The largest absolute Gasteiger partial charge is 0.486 e. The molecule has 5 rings (SSSR count). The van der Waals surface area contributed by atoms with E-state index in [4.69, 9.17) is 14.5 Å². The molecule has 0 radical (unpaired) electrons. The summed E-state index contributed by atoms with van der Waals surface area (Å²) >= 11 is 1.72. The molecule has 0 saturated carbocycles. The molecule has 0 saturated heterocycles. The summed E-state index contributed by atoms with van der Waals surface area (Å²) in [7, 11) is 0. The number of aromatic nitrogens is 3.